The molecule has 0 aromatic heterocycles. The number of aromatic hydroxyl groups is 1. The lowest BCUT2D eigenvalue weighted by atomic mass is 10.1. The van der Waals surface area contributed by atoms with Gasteiger partial charge in [0.1, 0.15) is 6.04 Å². The van der Waals surface area contributed by atoms with Gasteiger partial charge in [-0.2, -0.15) is 0 Å². The number of phenols is 1. The Morgan fingerprint density at radius 3 is 2.78 bits per heavy atom. The highest BCUT2D eigenvalue weighted by Crippen LogP contribution is 2.29. The van der Waals surface area contributed by atoms with Crippen LogP contribution in [0.1, 0.15) is 11.6 Å². The van der Waals surface area contributed by atoms with Gasteiger partial charge < -0.3 is 14.6 Å². The van der Waals surface area contributed by atoms with Crippen LogP contribution in [0.3, 0.4) is 0 Å². The average molecular weight is 251 g/mol. The molecule has 0 aliphatic rings. The molecule has 0 heterocycles. The van der Waals surface area contributed by atoms with Crippen LogP contribution in [0.15, 0.2) is 30.9 Å². The van der Waals surface area contributed by atoms with Gasteiger partial charge in [0.25, 0.3) is 0 Å². The van der Waals surface area contributed by atoms with Crippen molar-refractivity contribution in [2.45, 2.75) is 6.04 Å². The Kier molecular flexibility index (Phi) is 5.20. The first-order valence-corrected chi connectivity index (χ1v) is 5.43. The zero-order chi connectivity index (χ0) is 13.5. The number of carbonyl (C=O) groups is 1. The Labute approximate surface area is 106 Å². The Balaban J connectivity index is 3.00. The molecule has 98 valence electrons. The lowest BCUT2D eigenvalue weighted by Gasteiger charge is -2.16. The van der Waals surface area contributed by atoms with E-state index in [1.54, 1.807) is 18.2 Å². The molecule has 1 aromatic rings. The summed E-state index contributed by atoms with van der Waals surface area (Å²) in [6.07, 6.45) is 1.64. The van der Waals surface area contributed by atoms with Crippen LogP contribution in [0.2, 0.25) is 0 Å². The quantitative estimate of drug-likeness (QED) is 0.590. The van der Waals surface area contributed by atoms with Crippen molar-refractivity contribution in [2.75, 3.05) is 20.8 Å². The predicted octanol–water partition coefficient (Wildman–Crippen LogP) is 1.39. The van der Waals surface area contributed by atoms with Crippen molar-refractivity contribution in [1.82, 2.24) is 5.32 Å². The van der Waals surface area contributed by atoms with Gasteiger partial charge in [0.05, 0.1) is 14.2 Å². The van der Waals surface area contributed by atoms with Crippen LogP contribution in [-0.4, -0.2) is 31.8 Å². The highest BCUT2D eigenvalue weighted by Gasteiger charge is 2.21. The van der Waals surface area contributed by atoms with E-state index in [-0.39, 0.29) is 5.75 Å². The minimum absolute atomic E-state index is 0.0238. The SMILES string of the molecule is C=CCNC(C(=O)OC)c1ccc(OC)c(O)c1. The maximum Gasteiger partial charge on any atom is 0.327 e. The van der Waals surface area contributed by atoms with Gasteiger partial charge in [0.2, 0.25) is 0 Å². The third-order valence-corrected chi connectivity index (χ3v) is 2.44. The highest BCUT2D eigenvalue weighted by molar-refractivity contribution is 5.77. The van der Waals surface area contributed by atoms with Crippen LogP contribution >= 0.6 is 0 Å². The first kappa shape index (κ1) is 14.1. The predicted molar refractivity (Wildman–Crippen MR) is 67.6 cm³/mol. The number of rotatable bonds is 6. The second kappa shape index (κ2) is 6.66. The second-order valence-corrected chi connectivity index (χ2v) is 3.58. The Bertz CT molecular complexity index is 431. The Morgan fingerprint density at radius 2 is 2.28 bits per heavy atom. The smallest absolute Gasteiger partial charge is 0.327 e. The van der Waals surface area contributed by atoms with Gasteiger partial charge in [-0.25, -0.2) is 4.79 Å². The monoisotopic (exact) mass is 251 g/mol. The van der Waals surface area contributed by atoms with Crippen molar-refractivity contribution < 1.29 is 19.4 Å². The fraction of sp³-hybridized carbons (Fsp3) is 0.308. The van der Waals surface area contributed by atoms with E-state index in [1.165, 1.54) is 20.3 Å². The first-order valence-electron chi connectivity index (χ1n) is 5.43. The second-order valence-electron chi connectivity index (χ2n) is 3.58. The summed E-state index contributed by atoms with van der Waals surface area (Å²) in [5.74, 6) is -0.100. The molecule has 0 spiro atoms. The molecule has 0 radical (unpaired) electrons. The molecule has 0 amide bonds. The molecular weight excluding hydrogens is 234 g/mol. The maximum absolute atomic E-state index is 11.7. The Morgan fingerprint density at radius 1 is 1.56 bits per heavy atom. The molecule has 0 aliphatic carbocycles. The van der Waals surface area contributed by atoms with Crippen molar-refractivity contribution in [2.24, 2.45) is 0 Å². The van der Waals surface area contributed by atoms with Gasteiger partial charge in [-0.1, -0.05) is 12.1 Å². The molecular formula is C13H17NO4. The number of phenolic OH excluding ortho intramolecular Hbond substituents is 1. The number of methoxy groups -OCH3 is 2. The van der Waals surface area contributed by atoms with Gasteiger partial charge in [-0.05, 0) is 17.7 Å². The zero-order valence-corrected chi connectivity index (χ0v) is 10.5. The largest absolute Gasteiger partial charge is 0.504 e. The fourth-order valence-corrected chi connectivity index (χ4v) is 1.54. The standard InChI is InChI=1S/C13H17NO4/c1-4-7-14-12(13(16)18-3)9-5-6-11(17-2)10(15)8-9/h4-6,8,12,14-15H,1,7H2,2-3H3. The van der Waals surface area contributed by atoms with E-state index in [2.05, 4.69) is 11.9 Å². The van der Waals surface area contributed by atoms with Crippen molar-refractivity contribution in [3.8, 4) is 11.5 Å². The minimum Gasteiger partial charge on any atom is -0.504 e. The van der Waals surface area contributed by atoms with Crippen LogP contribution in [0, 0.1) is 0 Å². The molecule has 0 saturated heterocycles. The zero-order valence-electron chi connectivity index (χ0n) is 10.5. The maximum atomic E-state index is 11.7. The van der Waals surface area contributed by atoms with E-state index in [4.69, 9.17) is 9.47 Å². The van der Waals surface area contributed by atoms with Crippen LogP contribution in [0.4, 0.5) is 0 Å². The lowest BCUT2D eigenvalue weighted by molar-refractivity contribution is -0.143. The minimum atomic E-state index is -0.648. The number of nitrogens with one attached hydrogen (secondary N) is 1. The summed E-state index contributed by atoms with van der Waals surface area (Å²) in [5.41, 5.74) is 0.599. The summed E-state index contributed by atoms with van der Waals surface area (Å²) in [6.45, 7) is 4.02. The number of carbonyl (C=O) groups excluding carboxylic acids is 1. The number of esters is 1. The summed E-state index contributed by atoms with van der Waals surface area (Å²) < 4.78 is 9.66. The highest BCUT2D eigenvalue weighted by atomic mass is 16.5. The van der Waals surface area contributed by atoms with E-state index in [9.17, 15) is 9.90 Å². The lowest BCUT2D eigenvalue weighted by Crippen LogP contribution is -2.29. The normalized spacial score (nSPS) is 11.7. The van der Waals surface area contributed by atoms with Crippen LogP contribution in [0.5, 0.6) is 11.5 Å². The summed E-state index contributed by atoms with van der Waals surface area (Å²) >= 11 is 0. The molecule has 1 unspecified atom stereocenters. The fourth-order valence-electron chi connectivity index (χ4n) is 1.54. The van der Waals surface area contributed by atoms with Crippen molar-refractivity contribution in [1.29, 1.82) is 0 Å². The molecule has 0 aliphatic heterocycles. The summed E-state index contributed by atoms with van der Waals surface area (Å²) in [7, 11) is 2.77. The van der Waals surface area contributed by atoms with Gasteiger partial charge >= 0.3 is 5.97 Å². The number of ether oxygens (including phenoxy) is 2. The van der Waals surface area contributed by atoms with Crippen molar-refractivity contribution >= 4 is 5.97 Å². The number of hydrogen-bond acceptors (Lipinski definition) is 5. The molecule has 0 fully saturated rings. The average Bonchev–Trinajstić information content (AvgIpc) is 2.39. The van der Waals surface area contributed by atoms with E-state index < -0.39 is 12.0 Å². The summed E-state index contributed by atoms with van der Waals surface area (Å²) in [6, 6.07) is 4.10. The van der Waals surface area contributed by atoms with E-state index in [1.807, 2.05) is 0 Å². The number of hydrogen-bond donors (Lipinski definition) is 2. The molecule has 18 heavy (non-hydrogen) atoms. The van der Waals surface area contributed by atoms with Crippen molar-refractivity contribution in [3.63, 3.8) is 0 Å². The van der Waals surface area contributed by atoms with Crippen LogP contribution in [-0.2, 0) is 9.53 Å². The van der Waals surface area contributed by atoms with Crippen LogP contribution in [0.25, 0.3) is 0 Å². The molecule has 1 aromatic carbocycles. The van der Waals surface area contributed by atoms with Crippen LogP contribution < -0.4 is 10.1 Å². The van der Waals surface area contributed by atoms with E-state index in [0.717, 1.165) is 0 Å². The summed E-state index contributed by atoms with van der Waals surface area (Å²) in [4.78, 5) is 11.7. The molecule has 5 heteroatoms. The third-order valence-electron chi connectivity index (χ3n) is 2.44. The molecule has 0 saturated carbocycles. The Hall–Kier alpha value is -2.01. The molecule has 2 N–H and O–H groups in total. The first-order chi connectivity index (χ1) is 8.63. The molecule has 1 rings (SSSR count). The molecule has 0 bridgehead atoms. The van der Waals surface area contributed by atoms with Gasteiger partial charge in [-0.3, -0.25) is 5.32 Å². The third kappa shape index (κ3) is 3.24. The molecule has 5 nitrogen and oxygen atoms in total. The van der Waals surface area contributed by atoms with Gasteiger partial charge in [-0.15, -0.1) is 6.58 Å². The van der Waals surface area contributed by atoms with E-state index >= 15 is 0 Å². The van der Waals surface area contributed by atoms with Crippen molar-refractivity contribution in [3.05, 3.63) is 36.4 Å². The van der Waals surface area contributed by atoms with E-state index in [0.29, 0.717) is 17.9 Å². The van der Waals surface area contributed by atoms with Gasteiger partial charge in [0, 0.05) is 6.54 Å². The topological polar surface area (TPSA) is 67.8 Å². The molecule has 1 atom stereocenters. The van der Waals surface area contributed by atoms with Gasteiger partial charge in [0.15, 0.2) is 11.5 Å². The number of benzene rings is 1. The summed E-state index contributed by atoms with van der Waals surface area (Å²) in [5, 5.41) is 12.7.